The first-order chi connectivity index (χ1) is 9.47. The molecular weight excluding hydrogens is 392 g/mol. The van der Waals surface area contributed by atoms with Gasteiger partial charge < -0.3 is 4.90 Å². The number of amides is 1. The topological polar surface area (TPSA) is 20.3 Å². The molecule has 104 valence electrons. The molecule has 2 aromatic carbocycles. The van der Waals surface area contributed by atoms with Crippen molar-refractivity contribution in [2.75, 3.05) is 7.05 Å². The summed E-state index contributed by atoms with van der Waals surface area (Å²) in [4.78, 5) is 14.0. The van der Waals surface area contributed by atoms with Gasteiger partial charge in [-0.05, 0) is 58.5 Å². The van der Waals surface area contributed by atoms with E-state index >= 15 is 0 Å². The zero-order chi connectivity index (χ0) is 14.7. The average molecular weight is 404 g/mol. The number of hydrogen-bond acceptors (Lipinski definition) is 1. The highest BCUT2D eigenvalue weighted by molar-refractivity contribution is 14.1. The lowest BCUT2D eigenvalue weighted by Crippen LogP contribution is -2.26. The second-order valence-corrected chi connectivity index (χ2v) is 6.01. The lowest BCUT2D eigenvalue weighted by Gasteiger charge is -2.18. The standard InChI is InChI=1S/C15H12ClFINO/c1-19(9-10-2-5-12(17)6-3-10)15(20)13-8-11(16)4-7-14(13)18/h2-8H,9H2,1H3. The molecule has 2 nitrogen and oxygen atoms in total. The van der Waals surface area contributed by atoms with Crippen LogP contribution in [0.4, 0.5) is 4.39 Å². The Balaban J connectivity index is 2.16. The van der Waals surface area contributed by atoms with Gasteiger partial charge in [0.05, 0.1) is 5.56 Å². The number of benzene rings is 2. The molecule has 0 aliphatic carbocycles. The number of carbonyl (C=O) groups is 1. The van der Waals surface area contributed by atoms with Crippen molar-refractivity contribution in [1.82, 2.24) is 4.90 Å². The molecule has 2 rings (SSSR count). The summed E-state index contributed by atoms with van der Waals surface area (Å²) >= 11 is 8.03. The number of carbonyl (C=O) groups excluding carboxylic acids is 1. The van der Waals surface area contributed by atoms with E-state index in [9.17, 15) is 9.18 Å². The van der Waals surface area contributed by atoms with Crippen molar-refractivity contribution in [3.63, 3.8) is 0 Å². The Morgan fingerprint density at radius 3 is 2.55 bits per heavy atom. The number of hydrogen-bond donors (Lipinski definition) is 0. The minimum Gasteiger partial charge on any atom is -0.337 e. The first-order valence-corrected chi connectivity index (χ1v) is 7.38. The summed E-state index contributed by atoms with van der Waals surface area (Å²) in [6.45, 7) is 0.418. The molecule has 0 radical (unpaired) electrons. The van der Waals surface area contributed by atoms with E-state index in [4.69, 9.17) is 11.6 Å². The van der Waals surface area contributed by atoms with Crippen molar-refractivity contribution in [3.8, 4) is 0 Å². The Morgan fingerprint density at radius 2 is 1.90 bits per heavy atom. The second-order valence-electron chi connectivity index (χ2n) is 4.41. The Hall–Kier alpha value is -1.14. The van der Waals surface area contributed by atoms with Crippen LogP contribution in [0.3, 0.4) is 0 Å². The van der Waals surface area contributed by atoms with Gasteiger partial charge in [-0.15, -0.1) is 0 Å². The molecule has 5 heteroatoms. The highest BCUT2D eigenvalue weighted by Gasteiger charge is 2.15. The lowest BCUT2D eigenvalue weighted by molar-refractivity contribution is 0.0784. The van der Waals surface area contributed by atoms with Gasteiger partial charge in [-0.3, -0.25) is 4.79 Å². The lowest BCUT2D eigenvalue weighted by atomic mass is 10.1. The summed E-state index contributed by atoms with van der Waals surface area (Å²) in [6.07, 6.45) is 0. The number of rotatable bonds is 3. The van der Waals surface area contributed by atoms with Crippen molar-refractivity contribution in [3.05, 3.63) is 68.0 Å². The van der Waals surface area contributed by atoms with Crippen molar-refractivity contribution in [1.29, 1.82) is 0 Å². The van der Waals surface area contributed by atoms with Crippen molar-refractivity contribution < 1.29 is 9.18 Å². The molecule has 0 aliphatic heterocycles. The van der Waals surface area contributed by atoms with E-state index in [0.29, 0.717) is 17.1 Å². The van der Waals surface area contributed by atoms with Gasteiger partial charge in [-0.25, -0.2) is 4.39 Å². The fourth-order valence-corrected chi connectivity index (χ4v) is 2.54. The van der Waals surface area contributed by atoms with Crippen LogP contribution in [-0.4, -0.2) is 17.9 Å². The molecule has 0 fully saturated rings. The summed E-state index contributed by atoms with van der Waals surface area (Å²) in [7, 11) is 1.71. The van der Waals surface area contributed by atoms with Gasteiger partial charge in [-0.2, -0.15) is 0 Å². The summed E-state index contributed by atoms with van der Waals surface area (Å²) in [5, 5.41) is 0.531. The van der Waals surface area contributed by atoms with Gasteiger partial charge in [0, 0.05) is 22.2 Å². The number of halogens is 3. The van der Waals surface area contributed by atoms with Crippen LogP contribution in [0.15, 0.2) is 42.5 Å². The van der Waals surface area contributed by atoms with Crippen LogP contribution < -0.4 is 0 Å². The molecule has 0 unspecified atom stereocenters. The maximum Gasteiger partial charge on any atom is 0.255 e. The minimum absolute atomic E-state index is 0.110. The van der Waals surface area contributed by atoms with Gasteiger partial charge in [0.1, 0.15) is 5.82 Å². The van der Waals surface area contributed by atoms with Crippen LogP contribution in [0.2, 0.25) is 5.02 Å². The zero-order valence-electron chi connectivity index (χ0n) is 10.7. The van der Waals surface area contributed by atoms with E-state index in [-0.39, 0.29) is 11.7 Å². The molecule has 0 saturated carbocycles. The third-order valence-electron chi connectivity index (χ3n) is 2.84. The van der Waals surface area contributed by atoms with Gasteiger partial charge in [0.25, 0.3) is 5.91 Å². The van der Waals surface area contributed by atoms with Gasteiger partial charge in [0.2, 0.25) is 0 Å². The van der Waals surface area contributed by atoms with Gasteiger partial charge >= 0.3 is 0 Å². The molecular formula is C15H12ClFINO. The van der Waals surface area contributed by atoms with E-state index in [1.54, 1.807) is 36.2 Å². The summed E-state index contributed by atoms with van der Waals surface area (Å²) in [6, 6.07) is 11.3. The predicted molar refractivity (Wildman–Crippen MR) is 86.4 cm³/mol. The quantitative estimate of drug-likeness (QED) is 0.698. The third-order valence-corrected chi connectivity index (χ3v) is 4.01. The van der Waals surface area contributed by atoms with E-state index < -0.39 is 0 Å². The Morgan fingerprint density at radius 1 is 1.25 bits per heavy atom. The second kappa shape index (κ2) is 6.54. The molecule has 1 amide bonds. The summed E-state index contributed by atoms with van der Waals surface area (Å²) < 4.78 is 13.7. The molecule has 0 heterocycles. The monoisotopic (exact) mass is 403 g/mol. The van der Waals surface area contributed by atoms with Crippen LogP contribution in [-0.2, 0) is 6.54 Å². The van der Waals surface area contributed by atoms with E-state index in [1.165, 1.54) is 12.1 Å². The van der Waals surface area contributed by atoms with Gasteiger partial charge in [-0.1, -0.05) is 23.7 Å². The van der Waals surface area contributed by atoms with Crippen LogP contribution in [0.5, 0.6) is 0 Å². The van der Waals surface area contributed by atoms with E-state index in [1.807, 2.05) is 6.07 Å². The van der Waals surface area contributed by atoms with Crippen LogP contribution >= 0.6 is 34.2 Å². The first kappa shape index (κ1) is 15.3. The SMILES string of the molecule is CN(Cc1ccc(F)cc1)C(=O)c1cc(Cl)ccc1I. The van der Waals surface area contributed by atoms with Crippen molar-refractivity contribution in [2.24, 2.45) is 0 Å². The molecule has 0 spiro atoms. The van der Waals surface area contributed by atoms with Crippen LogP contribution in [0.1, 0.15) is 15.9 Å². The highest BCUT2D eigenvalue weighted by Crippen LogP contribution is 2.20. The molecule has 2 aromatic rings. The average Bonchev–Trinajstić information content (AvgIpc) is 2.43. The van der Waals surface area contributed by atoms with E-state index in [2.05, 4.69) is 22.6 Å². The van der Waals surface area contributed by atoms with Crippen molar-refractivity contribution >= 4 is 40.1 Å². The van der Waals surface area contributed by atoms with Crippen LogP contribution in [0.25, 0.3) is 0 Å². The molecule has 0 bridgehead atoms. The normalized spacial score (nSPS) is 10.4. The minimum atomic E-state index is -0.285. The molecule has 0 atom stereocenters. The molecule has 0 N–H and O–H groups in total. The predicted octanol–water partition coefficient (Wildman–Crippen LogP) is 4.36. The molecule has 20 heavy (non-hydrogen) atoms. The first-order valence-electron chi connectivity index (χ1n) is 5.92. The Kier molecular flexibility index (Phi) is 4.99. The maximum atomic E-state index is 12.8. The van der Waals surface area contributed by atoms with Crippen molar-refractivity contribution in [2.45, 2.75) is 6.54 Å². The smallest absolute Gasteiger partial charge is 0.255 e. The molecule has 0 aliphatic rings. The third kappa shape index (κ3) is 3.70. The Bertz CT molecular complexity index is 630. The zero-order valence-corrected chi connectivity index (χ0v) is 13.7. The van der Waals surface area contributed by atoms with E-state index in [0.717, 1.165) is 9.13 Å². The summed E-state index contributed by atoms with van der Waals surface area (Å²) in [5.41, 5.74) is 1.45. The van der Waals surface area contributed by atoms with Crippen LogP contribution in [0, 0.1) is 9.39 Å². The number of nitrogens with zero attached hydrogens (tertiary/aromatic N) is 1. The Labute approximate surface area is 135 Å². The largest absolute Gasteiger partial charge is 0.337 e. The highest BCUT2D eigenvalue weighted by atomic mass is 127. The summed E-state index contributed by atoms with van der Waals surface area (Å²) in [5.74, 6) is -0.395. The fourth-order valence-electron chi connectivity index (χ4n) is 1.80. The molecule has 0 aromatic heterocycles. The fraction of sp³-hybridized carbons (Fsp3) is 0.133. The molecule has 0 saturated heterocycles. The van der Waals surface area contributed by atoms with Gasteiger partial charge in [0.15, 0.2) is 0 Å². The maximum absolute atomic E-state index is 12.8.